The molecule has 98 valence electrons. The van der Waals surface area contributed by atoms with Gasteiger partial charge in [-0.25, -0.2) is 4.79 Å². The second-order valence-corrected chi connectivity index (χ2v) is 3.60. The molecule has 0 aliphatic heterocycles. The van der Waals surface area contributed by atoms with E-state index in [1.807, 2.05) is 6.92 Å². The van der Waals surface area contributed by atoms with Crippen molar-refractivity contribution in [2.75, 3.05) is 20.1 Å². The number of amides is 3. The van der Waals surface area contributed by atoms with Crippen LogP contribution >= 0.6 is 0 Å². The van der Waals surface area contributed by atoms with Gasteiger partial charge in [0.05, 0.1) is 0 Å². The van der Waals surface area contributed by atoms with Gasteiger partial charge in [-0.05, 0) is 13.3 Å². The zero-order valence-electron chi connectivity index (χ0n) is 10.3. The minimum atomic E-state index is -1.12. The number of urea groups is 1. The maximum Gasteiger partial charge on any atom is 0.325 e. The number of nitrogens with zero attached hydrogens (tertiary/aromatic N) is 1. The average Bonchev–Trinajstić information content (AvgIpc) is 2.27. The average molecular weight is 245 g/mol. The first-order valence-electron chi connectivity index (χ1n) is 5.41. The monoisotopic (exact) mass is 245 g/mol. The quantitative estimate of drug-likeness (QED) is 0.594. The van der Waals surface area contributed by atoms with Gasteiger partial charge in [-0.15, -0.1) is 0 Å². The molecular weight excluding hydrogens is 226 g/mol. The van der Waals surface area contributed by atoms with Crippen molar-refractivity contribution in [3.05, 3.63) is 0 Å². The number of carboxylic acids is 1. The van der Waals surface area contributed by atoms with Crippen LogP contribution in [0.25, 0.3) is 0 Å². The third kappa shape index (κ3) is 5.74. The highest BCUT2D eigenvalue weighted by molar-refractivity contribution is 5.86. The lowest BCUT2D eigenvalue weighted by atomic mass is 10.3. The molecule has 0 fully saturated rings. The fourth-order valence-electron chi connectivity index (χ4n) is 1.11. The Bertz CT molecular complexity index is 293. The maximum absolute atomic E-state index is 11.7. The second-order valence-electron chi connectivity index (χ2n) is 3.60. The van der Waals surface area contributed by atoms with Crippen LogP contribution in [-0.2, 0) is 9.59 Å². The van der Waals surface area contributed by atoms with Gasteiger partial charge in [0.1, 0.15) is 12.6 Å². The molecule has 0 aromatic carbocycles. The molecule has 0 bridgehead atoms. The van der Waals surface area contributed by atoms with E-state index in [9.17, 15) is 14.4 Å². The van der Waals surface area contributed by atoms with Crippen LogP contribution in [0.1, 0.15) is 20.3 Å². The Morgan fingerprint density at radius 1 is 1.35 bits per heavy atom. The number of nitrogens with one attached hydrogen (secondary N) is 2. The third-order valence-corrected chi connectivity index (χ3v) is 2.10. The number of hydrogen-bond acceptors (Lipinski definition) is 3. The summed E-state index contributed by atoms with van der Waals surface area (Å²) in [5.74, 6) is -1.41. The van der Waals surface area contributed by atoms with Gasteiger partial charge in [0.2, 0.25) is 5.91 Å². The summed E-state index contributed by atoms with van der Waals surface area (Å²) in [5.41, 5.74) is 0. The van der Waals surface area contributed by atoms with E-state index in [1.165, 1.54) is 18.9 Å². The Hall–Kier alpha value is -1.79. The molecule has 0 radical (unpaired) electrons. The van der Waals surface area contributed by atoms with E-state index in [0.29, 0.717) is 13.0 Å². The molecule has 0 heterocycles. The molecule has 1 atom stereocenters. The van der Waals surface area contributed by atoms with Gasteiger partial charge in [0, 0.05) is 13.6 Å². The van der Waals surface area contributed by atoms with E-state index in [-0.39, 0.29) is 12.5 Å². The minimum Gasteiger partial charge on any atom is -0.480 e. The summed E-state index contributed by atoms with van der Waals surface area (Å²) in [7, 11) is 1.48. The van der Waals surface area contributed by atoms with E-state index in [4.69, 9.17) is 5.11 Å². The van der Waals surface area contributed by atoms with Crippen molar-refractivity contribution in [3.63, 3.8) is 0 Å². The van der Waals surface area contributed by atoms with Crippen molar-refractivity contribution >= 4 is 17.9 Å². The predicted molar refractivity (Wildman–Crippen MR) is 61.6 cm³/mol. The highest BCUT2D eigenvalue weighted by Gasteiger charge is 2.20. The van der Waals surface area contributed by atoms with Gasteiger partial charge in [0.25, 0.3) is 0 Å². The summed E-state index contributed by atoms with van der Waals surface area (Å²) >= 11 is 0. The number of carboxylic acid groups (broad SMARTS) is 1. The molecule has 0 saturated heterocycles. The molecule has 0 aliphatic rings. The molecule has 0 aliphatic carbocycles. The van der Waals surface area contributed by atoms with Crippen molar-refractivity contribution in [1.82, 2.24) is 15.5 Å². The van der Waals surface area contributed by atoms with Crippen molar-refractivity contribution in [3.8, 4) is 0 Å². The lowest BCUT2D eigenvalue weighted by Crippen LogP contribution is -2.49. The Morgan fingerprint density at radius 3 is 2.35 bits per heavy atom. The molecule has 17 heavy (non-hydrogen) atoms. The fraction of sp³-hybridized carbons (Fsp3) is 0.700. The lowest BCUT2D eigenvalue weighted by molar-refractivity contribution is -0.138. The maximum atomic E-state index is 11.7. The van der Waals surface area contributed by atoms with Crippen molar-refractivity contribution < 1.29 is 19.5 Å². The van der Waals surface area contributed by atoms with Crippen LogP contribution in [0.5, 0.6) is 0 Å². The smallest absolute Gasteiger partial charge is 0.325 e. The Morgan fingerprint density at radius 2 is 1.94 bits per heavy atom. The molecular formula is C10H19N3O4. The summed E-state index contributed by atoms with van der Waals surface area (Å²) in [6, 6.07) is -1.53. The SMILES string of the molecule is CCCN(CC(=O)NC)C(=O)N[C@@H](C)C(=O)O. The van der Waals surface area contributed by atoms with Crippen LogP contribution in [0.2, 0.25) is 0 Å². The van der Waals surface area contributed by atoms with Gasteiger partial charge in [-0.3, -0.25) is 9.59 Å². The van der Waals surface area contributed by atoms with Crippen molar-refractivity contribution in [2.45, 2.75) is 26.3 Å². The zero-order chi connectivity index (χ0) is 13.4. The highest BCUT2D eigenvalue weighted by atomic mass is 16.4. The van der Waals surface area contributed by atoms with Crippen LogP contribution in [0.15, 0.2) is 0 Å². The number of rotatable bonds is 6. The number of carbonyl (C=O) groups excluding carboxylic acids is 2. The van der Waals surface area contributed by atoms with Crippen molar-refractivity contribution in [1.29, 1.82) is 0 Å². The van der Waals surface area contributed by atoms with Crippen LogP contribution < -0.4 is 10.6 Å². The van der Waals surface area contributed by atoms with Gasteiger partial charge < -0.3 is 20.6 Å². The molecule has 0 unspecified atom stereocenters. The molecule has 0 rings (SSSR count). The van der Waals surface area contributed by atoms with Crippen LogP contribution in [0, 0.1) is 0 Å². The number of carbonyl (C=O) groups is 3. The summed E-state index contributed by atoms with van der Waals surface area (Å²) in [6.07, 6.45) is 0.686. The zero-order valence-corrected chi connectivity index (χ0v) is 10.3. The minimum absolute atomic E-state index is 0.0808. The molecule has 3 N–H and O–H groups in total. The third-order valence-electron chi connectivity index (χ3n) is 2.10. The summed E-state index contributed by atoms with van der Waals surface area (Å²) in [4.78, 5) is 34.7. The second kappa shape index (κ2) is 7.48. The van der Waals surface area contributed by atoms with E-state index >= 15 is 0 Å². The van der Waals surface area contributed by atoms with E-state index in [2.05, 4.69) is 10.6 Å². The van der Waals surface area contributed by atoms with E-state index in [1.54, 1.807) is 0 Å². The van der Waals surface area contributed by atoms with E-state index in [0.717, 1.165) is 0 Å². The van der Waals surface area contributed by atoms with Gasteiger partial charge in [0.15, 0.2) is 0 Å². The first-order chi connectivity index (χ1) is 7.92. The Kier molecular flexibility index (Phi) is 6.69. The first kappa shape index (κ1) is 15.2. The number of aliphatic carboxylic acids is 1. The predicted octanol–water partition coefficient (Wildman–Crippen LogP) is -0.373. The first-order valence-corrected chi connectivity index (χ1v) is 5.41. The molecule has 0 saturated carbocycles. The number of hydrogen-bond donors (Lipinski definition) is 3. The summed E-state index contributed by atoms with van der Waals surface area (Å²) in [5, 5.41) is 13.4. The summed E-state index contributed by atoms with van der Waals surface area (Å²) in [6.45, 7) is 3.54. The Labute approximate surface area is 100 Å². The van der Waals surface area contributed by atoms with Crippen molar-refractivity contribution in [2.24, 2.45) is 0 Å². The lowest BCUT2D eigenvalue weighted by Gasteiger charge is -2.22. The fourth-order valence-corrected chi connectivity index (χ4v) is 1.11. The molecule has 7 heteroatoms. The van der Waals surface area contributed by atoms with Crippen LogP contribution in [-0.4, -0.2) is 54.1 Å². The molecule has 0 aromatic heterocycles. The van der Waals surface area contributed by atoms with Gasteiger partial charge >= 0.3 is 12.0 Å². The van der Waals surface area contributed by atoms with Crippen LogP contribution in [0.4, 0.5) is 4.79 Å². The van der Waals surface area contributed by atoms with E-state index < -0.39 is 18.0 Å². The molecule has 0 spiro atoms. The number of likely N-dealkylation sites (N-methyl/N-ethyl adjacent to an activating group) is 1. The molecule has 0 aromatic rings. The Balaban J connectivity index is 4.43. The summed E-state index contributed by atoms with van der Waals surface area (Å²) < 4.78 is 0. The normalized spacial score (nSPS) is 11.5. The van der Waals surface area contributed by atoms with Gasteiger partial charge in [-0.1, -0.05) is 6.92 Å². The molecule has 3 amide bonds. The largest absolute Gasteiger partial charge is 0.480 e. The topological polar surface area (TPSA) is 98.7 Å². The van der Waals surface area contributed by atoms with Gasteiger partial charge in [-0.2, -0.15) is 0 Å². The highest BCUT2D eigenvalue weighted by Crippen LogP contribution is 1.94. The van der Waals surface area contributed by atoms with Crippen LogP contribution in [0.3, 0.4) is 0 Å². The standard InChI is InChI=1S/C10H19N3O4/c1-4-5-13(6-8(14)11-3)10(17)12-7(2)9(15)16/h7H,4-6H2,1-3H3,(H,11,14)(H,12,17)(H,15,16)/t7-/m0/s1. The molecule has 7 nitrogen and oxygen atoms in total.